The summed E-state index contributed by atoms with van der Waals surface area (Å²) in [4.78, 5) is 32.9. The molecule has 1 amide bonds. The molecular weight excluding hydrogens is 240 g/mol. The number of carboxylic acid groups (broad SMARTS) is 1. The van der Waals surface area contributed by atoms with Gasteiger partial charge in [0.1, 0.15) is 6.61 Å². The van der Waals surface area contributed by atoms with Crippen molar-refractivity contribution in [3.63, 3.8) is 0 Å². The number of amides is 1. The standard InChI is InChI=1S/C11H20N2O5/c1-3-4-10(16)18-6-7(2)13-11(17)8(12)5-9(14)15/h7-8H,3-6,12H2,1-2H3,(H,13,17)(H,14,15)/t7-,8+/m0/s1. The van der Waals surface area contributed by atoms with E-state index in [1.165, 1.54) is 0 Å². The zero-order valence-corrected chi connectivity index (χ0v) is 10.6. The molecule has 0 aliphatic carbocycles. The number of hydrogen-bond donors (Lipinski definition) is 3. The molecule has 0 bridgehead atoms. The zero-order valence-electron chi connectivity index (χ0n) is 10.6. The number of hydrogen-bond acceptors (Lipinski definition) is 5. The second kappa shape index (κ2) is 8.46. The molecule has 0 heterocycles. The predicted octanol–water partition coefficient (Wildman–Crippen LogP) is -0.364. The Morgan fingerprint density at radius 2 is 2.00 bits per heavy atom. The number of ether oxygens (including phenoxy) is 1. The van der Waals surface area contributed by atoms with Crippen molar-refractivity contribution in [2.75, 3.05) is 6.61 Å². The van der Waals surface area contributed by atoms with Crippen LogP contribution in [0.15, 0.2) is 0 Å². The lowest BCUT2D eigenvalue weighted by atomic mass is 10.2. The second-order valence-corrected chi connectivity index (χ2v) is 4.05. The fourth-order valence-electron chi connectivity index (χ4n) is 1.17. The lowest BCUT2D eigenvalue weighted by molar-refractivity contribution is -0.145. The average Bonchev–Trinajstić information content (AvgIpc) is 2.25. The quantitative estimate of drug-likeness (QED) is 0.513. The van der Waals surface area contributed by atoms with E-state index in [4.69, 9.17) is 15.6 Å². The van der Waals surface area contributed by atoms with Crippen LogP contribution in [0.4, 0.5) is 0 Å². The van der Waals surface area contributed by atoms with Crippen LogP contribution in [0.2, 0.25) is 0 Å². The lowest BCUT2D eigenvalue weighted by Crippen LogP contribution is -2.46. The molecule has 7 heteroatoms. The highest BCUT2D eigenvalue weighted by atomic mass is 16.5. The van der Waals surface area contributed by atoms with Crippen LogP contribution in [-0.4, -0.2) is 41.6 Å². The summed E-state index contributed by atoms with van der Waals surface area (Å²) >= 11 is 0. The van der Waals surface area contributed by atoms with Gasteiger partial charge in [0.2, 0.25) is 5.91 Å². The van der Waals surface area contributed by atoms with Crippen LogP contribution >= 0.6 is 0 Å². The number of carbonyl (C=O) groups is 3. The Kier molecular flexibility index (Phi) is 7.69. The molecule has 104 valence electrons. The van der Waals surface area contributed by atoms with Gasteiger partial charge in [0.05, 0.1) is 18.5 Å². The van der Waals surface area contributed by atoms with Crippen LogP contribution in [0.3, 0.4) is 0 Å². The van der Waals surface area contributed by atoms with Gasteiger partial charge in [-0.1, -0.05) is 6.92 Å². The van der Waals surface area contributed by atoms with Gasteiger partial charge in [0.15, 0.2) is 0 Å². The number of nitrogens with one attached hydrogen (secondary N) is 1. The van der Waals surface area contributed by atoms with E-state index in [1.807, 2.05) is 6.92 Å². The maximum Gasteiger partial charge on any atom is 0.305 e. The molecule has 0 saturated carbocycles. The van der Waals surface area contributed by atoms with Crippen molar-refractivity contribution in [3.05, 3.63) is 0 Å². The molecule has 0 aromatic rings. The molecule has 4 N–H and O–H groups in total. The van der Waals surface area contributed by atoms with E-state index in [-0.39, 0.29) is 12.6 Å². The van der Waals surface area contributed by atoms with Crippen molar-refractivity contribution in [2.24, 2.45) is 5.73 Å². The minimum Gasteiger partial charge on any atom is -0.481 e. The Morgan fingerprint density at radius 1 is 1.39 bits per heavy atom. The smallest absolute Gasteiger partial charge is 0.305 e. The van der Waals surface area contributed by atoms with Crippen LogP contribution in [0.25, 0.3) is 0 Å². The van der Waals surface area contributed by atoms with E-state index in [0.29, 0.717) is 12.8 Å². The summed E-state index contributed by atoms with van der Waals surface area (Å²) < 4.78 is 4.90. The molecular formula is C11H20N2O5. The van der Waals surface area contributed by atoms with E-state index in [9.17, 15) is 14.4 Å². The summed E-state index contributed by atoms with van der Waals surface area (Å²) in [6.07, 6.45) is 0.594. The van der Waals surface area contributed by atoms with Gasteiger partial charge in [-0.05, 0) is 13.3 Å². The first-order chi connectivity index (χ1) is 8.36. The van der Waals surface area contributed by atoms with Gasteiger partial charge in [0, 0.05) is 6.42 Å². The van der Waals surface area contributed by atoms with E-state index >= 15 is 0 Å². The number of carbonyl (C=O) groups excluding carboxylic acids is 2. The summed E-state index contributed by atoms with van der Waals surface area (Å²) in [7, 11) is 0. The molecule has 0 unspecified atom stereocenters. The summed E-state index contributed by atoms with van der Waals surface area (Å²) in [5.41, 5.74) is 5.37. The SMILES string of the molecule is CCCC(=O)OC[C@H](C)NC(=O)[C@H](N)CC(=O)O. The van der Waals surface area contributed by atoms with Crippen molar-refractivity contribution >= 4 is 17.8 Å². The normalized spacial score (nSPS) is 13.5. The van der Waals surface area contributed by atoms with Gasteiger partial charge in [0.25, 0.3) is 0 Å². The van der Waals surface area contributed by atoms with Gasteiger partial charge in [-0.25, -0.2) is 0 Å². The highest BCUT2D eigenvalue weighted by Crippen LogP contribution is 1.95. The minimum atomic E-state index is -1.14. The topological polar surface area (TPSA) is 119 Å². The Labute approximate surface area is 106 Å². The molecule has 0 aliphatic rings. The number of carboxylic acids is 1. The van der Waals surface area contributed by atoms with E-state index in [0.717, 1.165) is 0 Å². The third-order valence-corrected chi connectivity index (χ3v) is 2.07. The summed E-state index contributed by atoms with van der Waals surface area (Å²) in [6, 6.07) is -1.51. The predicted molar refractivity (Wildman–Crippen MR) is 63.7 cm³/mol. The molecule has 0 rings (SSSR count). The number of esters is 1. The molecule has 0 saturated heterocycles. The highest BCUT2D eigenvalue weighted by Gasteiger charge is 2.19. The summed E-state index contributed by atoms with van der Waals surface area (Å²) in [6.45, 7) is 3.55. The first-order valence-electron chi connectivity index (χ1n) is 5.80. The molecule has 0 spiro atoms. The number of aliphatic carboxylic acids is 1. The molecule has 0 fully saturated rings. The van der Waals surface area contributed by atoms with Crippen LogP contribution in [0.5, 0.6) is 0 Å². The average molecular weight is 260 g/mol. The van der Waals surface area contributed by atoms with Gasteiger partial charge < -0.3 is 20.9 Å². The molecule has 18 heavy (non-hydrogen) atoms. The Bertz CT molecular complexity index is 306. The van der Waals surface area contributed by atoms with E-state index in [2.05, 4.69) is 5.32 Å². The first kappa shape index (κ1) is 16.4. The molecule has 0 aromatic heterocycles. The largest absolute Gasteiger partial charge is 0.481 e. The maximum absolute atomic E-state index is 11.4. The van der Waals surface area contributed by atoms with E-state index in [1.54, 1.807) is 6.92 Å². The van der Waals surface area contributed by atoms with Gasteiger partial charge >= 0.3 is 11.9 Å². The van der Waals surface area contributed by atoms with Crippen molar-refractivity contribution < 1.29 is 24.2 Å². The zero-order chi connectivity index (χ0) is 14.1. The van der Waals surface area contributed by atoms with Crippen LogP contribution in [0.1, 0.15) is 33.1 Å². The van der Waals surface area contributed by atoms with Crippen molar-refractivity contribution in [1.82, 2.24) is 5.32 Å². The van der Waals surface area contributed by atoms with Gasteiger partial charge in [-0.3, -0.25) is 14.4 Å². The third-order valence-electron chi connectivity index (χ3n) is 2.07. The van der Waals surface area contributed by atoms with E-state index < -0.39 is 30.4 Å². The maximum atomic E-state index is 11.4. The molecule has 0 radical (unpaired) electrons. The summed E-state index contributed by atoms with van der Waals surface area (Å²) in [5.74, 6) is -2.04. The van der Waals surface area contributed by atoms with Crippen LogP contribution in [-0.2, 0) is 19.1 Å². The van der Waals surface area contributed by atoms with Crippen molar-refractivity contribution in [3.8, 4) is 0 Å². The molecule has 7 nitrogen and oxygen atoms in total. The fraction of sp³-hybridized carbons (Fsp3) is 0.727. The molecule has 2 atom stereocenters. The monoisotopic (exact) mass is 260 g/mol. The van der Waals surface area contributed by atoms with Gasteiger partial charge in [-0.15, -0.1) is 0 Å². The molecule has 0 aromatic carbocycles. The van der Waals surface area contributed by atoms with Crippen molar-refractivity contribution in [1.29, 1.82) is 0 Å². The van der Waals surface area contributed by atoms with Crippen molar-refractivity contribution in [2.45, 2.75) is 45.2 Å². The molecule has 0 aliphatic heterocycles. The van der Waals surface area contributed by atoms with Gasteiger partial charge in [-0.2, -0.15) is 0 Å². The highest BCUT2D eigenvalue weighted by molar-refractivity contribution is 5.86. The Morgan fingerprint density at radius 3 is 2.50 bits per heavy atom. The van der Waals surface area contributed by atoms with Crippen LogP contribution in [0, 0.1) is 0 Å². The number of nitrogens with two attached hydrogens (primary N) is 1. The third kappa shape index (κ3) is 7.61. The Hall–Kier alpha value is -1.63. The minimum absolute atomic E-state index is 0.0460. The number of rotatable bonds is 8. The fourth-order valence-corrected chi connectivity index (χ4v) is 1.17. The second-order valence-electron chi connectivity index (χ2n) is 4.05. The first-order valence-corrected chi connectivity index (χ1v) is 5.80. The lowest BCUT2D eigenvalue weighted by Gasteiger charge is -2.16. The summed E-state index contributed by atoms with van der Waals surface area (Å²) in [5, 5.41) is 11.0. The Balaban J connectivity index is 3.93. The van der Waals surface area contributed by atoms with Crippen LogP contribution < -0.4 is 11.1 Å².